The SMILES string of the molecule is CCOc1cc(CC(=O)NC(CC(C)C)c2ccccc2N2CCCCC2)ccc1C(=O)O.Cl. The summed E-state index contributed by atoms with van der Waals surface area (Å²) in [7, 11) is 0. The summed E-state index contributed by atoms with van der Waals surface area (Å²) in [4.78, 5) is 26.9. The molecule has 1 heterocycles. The van der Waals surface area contributed by atoms with E-state index in [-0.39, 0.29) is 36.3 Å². The molecule has 34 heavy (non-hydrogen) atoms. The van der Waals surface area contributed by atoms with Gasteiger partial charge in [0.1, 0.15) is 11.3 Å². The van der Waals surface area contributed by atoms with E-state index in [9.17, 15) is 14.7 Å². The monoisotopic (exact) mass is 488 g/mol. The van der Waals surface area contributed by atoms with Crippen LogP contribution in [0.2, 0.25) is 0 Å². The molecule has 2 aromatic carbocycles. The maximum absolute atomic E-state index is 13.1. The van der Waals surface area contributed by atoms with Crippen molar-refractivity contribution in [1.29, 1.82) is 0 Å². The lowest BCUT2D eigenvalue weighted by molar-refractivity contribution is -0.121. The first-order chi connectivity index (χ1) is 15.9. The van der Waals surface area contributed by atoms with Gasteiger partial charge < -0.3 is 20.1 Å². The minimum atomic E-state index is -1.04. The number of hydrogen-bond acceptors (Lipinski definition) is 4. The normalized spacial score (nSPS) is 14.3. The number of carboxylic acid groups (broad SMARTS) is 1. The number of hydrogen-bond donors (Lipinski definition) is 2. The molecule has 1 aliphatic heterocycles. The van der Waals surface area contributed by atoms with Gasteiger partial charge in [-0.15, -0.1) is 12.4 Å². The van der Waals surface area contributed by atoms with Crippen molar-refractivity contribution in [3.63, 3.8) is 0 Å². The number of ether oxygens (including phenoxy) is 1. The van der Waals surface area contributed by atoms with E-state index in [2.05, 4.69) is 42.3 Å². The lowest BCUT2D eigenvalue weighted by Crippen LogP contribution is -2.34. The molecule has 6 nitrogen and oxygen atoms in total. The summed E-state index contributed by atoms with van der Waals surface area (Å²) in [5.74, 6) is -0.408. The number of carboxylic acids is 1. The van der Waals surface area contributed by atoms with Gasteiger partial charge in [-0.05, 0) is 67.9 Å². The molecular formula is C27H37ClN2O4. The van der Waals surface area contributed by atoms with Crippen LogP contribution in [-0.4, -0.2) is 36.7 Å². The van der Waals surface area contributed by atoms with Crippen LogP contribution >= 0.6 is 12.4 Å². The van der Waals surface area contributed by atoms with Gasteiger partial charge in [0.15, 0.2) is 0 Å². The average molecular weight is 489 g/mol. The van der Waals surface area contributed by atoms with Crippen molar-refractivity contribution in [2.24, 2.45) is 5.92 Å². The smallest absolute Gasteiger partial charge is 0.339 e. The Morgan fingerprint density at radius 2 is 1.79 bits per heavy atom. The van der Waals surface area contributed by atoms with Gasteiger partial charge >= 0.3 is 5.97 Å². The van der Waals surface area contributed by atoms with Crippen LogP contribution in [0.25, 0.3) is 0 Å². The Bertz CT molecular complexity index is 957. The van der Waals surface area contributed by atoms with Crippen LogP contribution in [0, 0.1) is 5.92 Å². The predicted octanol–water partition coefficient (Wildman–Crippen LogP) is 5.64. The number of piperidine rings is 1. The molecule has 1 saturated heterocycles. The molecule has 1 aliphatic rings. The summed E-state index contributed by atoms with van der Waals surface area (Å²) in [6.45, 7) is 8.61. The number of carbonyl (C=O) groups excluding carboxylic acids is 1. The Hall–Kier alpha value is -2.73. The third-order valence-corrected chi connectivity index (χ3v) is 5.99. The second-order valence-electron chi connectivity index (χ2n) is 9.10. The number of aromatic carboxylic acids is 1. The molecule has 0 aromatic heterocycles. The molecule has 0 saturated carbocycles. The van der Waals surface area contributed by atoms with Gasteiger partial charge in [-0.25, -0.2) is 4.79 Å². The molecule has 0 bridgehead atoms. The first kappa shape index (κ1) is 27.5. The van der Waals surface area contributed by atoms with Gasteiger partial charge in [-0.2, -0.15) is 0 Å². The van der Waals surface area contributed by atoms with Crippen molar-refractivity contribution < 1.29 is 19.4 Å². The molecule has 2 N–H and O–H groups in total. The first-order valence-electron chi connectivity index (χ1n) is 12.0. The highest BCUT2D eigenvalue weighted by molar-refractivity contribution is 5.91. The molecule has 2 aromatic rings. The standard InChI is InChI=1S/C27H36N2O4.ClH/c1-4-33-25-17-20(12-13-22(25)27(31)32)18-26(30)28-23(16-19(2)3)21-10-6-7-11-24(21)29-14-8-5-9-15-29;/h6-7,10-13,17,19,23H,4-5,8-9,14-16,18H2,1-3H3,(H,28,30)(H,31,32);1H. The van der Waals surface area contributed by atoms with Crippen LogP contribution in [0.15, 0.2) is 42.5 Å². The third kappa shape index (κ3) is 7.39. The van der Waals surface area contributed by atoms with E-state index in [0.29, 0.717) is 18.3 Å². The van der Waals surface area contributed by atoms with Gasteiger partial charge in [-0.1, -0.05) is 38.1 Å². The van der Waals surface area contributed by atoms with Crippen LogP contribution in [-0.2, 0) is 11.2 Å². The fraction of sp³-hybridized carbons (Fsp3) is 0.481. The van der Waals surface area contributed by atoms with Crippen LogP contribution in [0.5, 0.6) is 5.75 Å². The van der Waals surface area contributed by atoms with Crippen LogP contribution in [0.3, 0.4) is 0 Å². The van der Waals surface area contributed by atoms with E-state index >= 15 is 0 Å². The summed E-state index contributed by atoms with van der Waals surface area (Å²) in [5.41, 5.74) is 3.22. The van der Waals surface area contributed by atoms with Crippen molar-refractivity contribution >= 4 is 30.0 Å². The third-order valence-electron chi connectivity index (χ3n) is 5.99. The summed E-state index contributed by atoms with van der Waals surface area (Å²) >= 11 is 0. The van der Waals surface area contributed by atoms with E-state index in [1.165, 1.54) is 31.0 Å². The highest BCUT2D eigenvalue weighted by Crippen LogP contribution is 2.32. The minimum Gasteiger partial charge on any atom is -0.493 e. The summed E-state index contributed by atoms with van der Waals surface area (Å²) in [6.07, 6.45) is 4.68. The lowest BCUT2D eigenvalue weighted by atomic mass is 9.94. The Morgan fingerprint density at radius 1 is 1.09 bits per heavy atom. The van der Waals surface area contributed by atoms with Crippen molar-refractivity contribution in [2.45, 2.75) is 58.9 Å². The molecule has 1 amide bonds. The van der Waals surface area contributed by atoms with Gasteiger partial charge in [0.2, 0.25) is 5.91 Å². The molecule has 3 rings (SSSR count). The zero-order valence-corrected chi connectivity index (χ0v) is 21.2. The number of nitrogens with one attached hydrogen (secondary N) is 1. The quantitative estimate of drug-likeness (QED) is 0.452. The average Bonchev–Trinajstić information content (AvgIpc) is 2.79. The molecular weight excluding hydrogens is 452 g/mol. The summed E-state index contributed by atoms with van der Waals surface area (Å²) < 4.78 is 5.49. The second-order valence-corrected chi connectivity index (χ2v) is 9.10. The zero-order chi connectivity index (χ0) is 23.8. The Morgan fingerprint density at radius 3 is 2.44 bits per heavy atom. The number of rotatable bonds is 10. The highest BCUT2D eigenvalue weighted by Gasteiger charge is 2.23. The van der Waals surface area contributed by atoms with E-state index in [4.69, 9.17) is 4.74 Å². The number of benzene rings is 2. The van der Waals surface area contributed by atoms with Crippen LogP contribution < -0.4 is 15.0 Å². The fourth-order valence-corrected chi connectivity index (χ4v) is 4.50. The number of carbonyl (C=O) groups is 2. The van der Waals surface area contributed by atoms with E-state index in [1.54, 1.807) is 19.1 Å². The van der Waals surface area contributed by atoms with Crippen LogP contribution in [0.4, 0.5) is 5.69 Å². The Labute approximate surface area is 209 Å². The molecule has 1 fully saturated rings. The van der Waals surface area contributed by atoms with Crippen molar-refractivity contribution in [3.8, 4) is 5.75 Å². The molecule has 0 aliphatic carbocycles. The molecule has 186 valence electrons. The predicted molar refractivity (Wildman–Crippen MR) is 138 cm³/mol. The molecule has 0 spiro atoms. The van der Waals surface area contributed by atoms with Crippen LogP contribution in [0.1, 0.15) is 74.0 Å². The fourth-order valence-electron chi connectivity index (χ4n) is 4.50. The number of para-hydroxylation sites is 1. The first-order valence-corrected chi connectivity index (χ1v) is 12.0. The lowest BCUT2D eigenvalue weighted by Gasteiger charge is -2.33. The maximum Gasteiger partial charge on any atom is 0.339 e. The van der Waals surface area contributed by atoms with E-state index in [0.717, 1.165) is 30.6 Å². The number of anilines is 1. The highest BCUT2D eigenvalue weighted by atomic mass is 35.5. The molecule has 1 atom stereocenters. The van der Waals surface area contributed by atoms with Crippen molar-refractivity contribution in [3.05, 3.63) is 59.2 Å². The Balaban J connectivity index is 0.00000408. The number of halogens is 1. The Kier molecular flexibility index (Phi) is 10.7. The minimum absolute atomic E-state index is 0. The van der Waals surface area contributed by atoms with Gasteiger partial charge in [0.25, 0.3) is 0 Å². The van der Waals surface area contributed by atoms with Crippen molar-refractivity contribution in [1.82, 2.24) is 5.32 Å². The van der Waals surface area contributed by atoms with Crippen molar-refractivity contribution in [2.75, 3.05) is 24.6 Å². The largest absolute Gasteiger partial charge is 0.493 e. The zero-order valence-electron chi connectivity index (χ0n) is 20.4. The summed E-state index contributed by atoms with van der Waals surface area (Å²) in [5, 5.41) is 12.6. The van der Waals surface area contributed by atoms with Gasteiger partial charge in [0, 0.05) is 18.8 Å². The summed E-state index contributed by atoms with van der Waals surface area (Å²) in [6, 6.07) is 13.2. The number of amides is 1. The molecule has 0 radical (unpaired) electrons. The van der Waals surface area contributed by atoms with Gasteiger partial charge in [-0.3, -0.25) is 4.79 Å². The van der Waals surface area contributed by atoms with E-state index in [1.807, 2.05) is 6.07 Å². The maximum atomic E-state index is 13.1. The number of nitrogens with zero attached hydrogens (tertiary/aromatic N) is 1. The molecule has 1 unspecified atom stereocenters. The van der Waals surface area contributed by atoms with E-state index < -0.39 is 5.97 Å². The topological polar surface area (TPSA) is 78.9 Å². The molecule has 7 heteroatoms. The second kappa shape index (κ2) is 13.2. The van der Waals surface area contributed by atoms with Gasteiger partial charge in [0.05, 0.1) is 19.1 Å².